The quantitative estimate of drug-likeness (QED) is 0.483. The molecular formula is C11H13BrN2O3S. The van der Waals surface area contributed by atoms with E-state index in [2.05, 4.69) is 20.9 Å². The maximum atomic E-state index is 12.0. The van der Waals surface area contributed by atoms with Crippen LogP contribution in [0.25, 0.3) is 0 Å². The summed E-state index contributed by atoms with van der Waals surface area (Å²) >= 11 is 4.83. The second-order valence-electron chi connectivity index (χ2n) is 4.32. The number of hydrogen-bond donors (Lipinski definition) is 1. The highest BCUT2D eigenvalue weighted by Gasteiger charge is 2.53. The molecule has 0 aromatic rings. The van der Waals surface area contributed by atoms with Crippen LogP contribution in [0.4, 0.5) is 0 Å². The van der Waals surface area contributed by atoms with Gasteiger partial charge in [-0.15, -0.1) is 11.8 Å². The van der Waals surface area contributed by atoms with Gasteiger partial charge in [0.05, 0.1) is 0 Å². The fraction of sp³-hybridized carbons (Fsp3) is 0.545. The van der Waals surface area contributed by atoms with Crippen LogP contribution in [0.5, 0.6) is 0 Å². The number of β-lactam (4-membered cyclic amide) rings is 1. The third-order valence-electron chi connectivity index (χ3n) is 2.78. The summed E-state index contributed by atoms with van der Waals surface area (Å²) in [6, 6.07) is -0.425. The molecule has 0 saturated carbocycles. The molecule has 1 amide bonds. The molecule has 2 rings (SSSR count). The number of fused-ring (bicyclic) bond motifs is 1. The largest absolute Gasteiger partial charge is 0.477 e. The fourth-order valence-corrected chi connectivity index (χ4v) is 4.08. The fourth-order valence-electron chi connectivity index (χ4n) is 2.03. The van der Waals surface area contributed by atoms with Crippen molar-refractivity contribution in [3.05, 3.63) is 11.3 Å². The number of alkyl halides is 1. The number of halogens is 1. The van der Waals surface area contributed by atoms with Crippen LogP contribution in [-0.4, -0.2) is 50.1 Å². The van der Waals surface area contributed by atoms with Crippen LogP contribution >= 0.6 is 27.7 Å². The first-order chi connectivity index (χ1) is 8.47. The summed E-state index contributed by atoms with van der Waals surface area (Å²) in [5.41, 5.74) is 1.70. The van der Waals surface area contributed by atoms with Gasteiger partial charge < -0.3 is 5.11 Å². The van der Waals surface area contributed by atoms with Gasteiger partial charge in [0.1, 0.15) is 11.1 Å². The second-order valence-corrected chi connectivity index (χ2v) is 5.99. The molecule has 2 heterocycles. The van der Waals surface area contributed by atoms with Crippen LogP contribution in [0.15, 0.2) is 16.3 Å². The summed E-state index contributed by atoms with van der Waals surface area (Å²) in [6.07, 6.45) is 0. The highest BCUT2D eigenvalue weighted by Crippen LogP contribution is 2.42. The summed E-state index contributed by atoms with van der Waals surface area (Å²) in [5, 5.41) is 9.54. The molecule has 0 aliphatic carbocycles. The van der Waals surface area contributed by atoms with Gasteiger partial charge in [0, 0.05) is 16.8 Å². The molecular weight excluding hydrogens is 320 g/mol. The highest BCUT2D eigenvalue weighted by atomic mass is 79.9. The molecule has 0 aromatic heterocycles. The molecule has 98 valence electrons. The lowest BCUT2D eigenvalue weighted by Crippen LogP contribution is -2.64. The molecule has 2 aliphatic rings. The van der Waals surface area contributed by atoms with Crippen LogP contribution in [0.2, 0.25) is 0 Å². The number of aliphatic imine (C=N–C) groups is 1. The third kappa shape index (κ3) is 2.09. The van der Waals surface area contributed by atoms with Gasteiger partial charge in [0.25, 0.3) is 5.91 Å². The Kier molecular flexibility index (Phi) is 3.82. The Morgan fingerprint density at radius 2 is 2.28 bits per heavy atom. The van der Waals surface area contributed by atoms with E-state index in [1.54, 1.807) is 11.8 Å². The topological polar surface area (TPSA) is 70.0 Å². The van der Waals surface area contributed by atoms with Crippen molar-refractivity contribution in [1.29, 1.82) is 0 Å². The number of carbonyl (C=O) groups is 2. The van der Waals surface area contributed by atoms with E-state index in [0.717, 1.165) is 11.3 Å². The Hall–Kier alpha value is -0.820. The average Bonchev–Trinajstić information content (AvgIpc) is 2.33. The Morgan fingerprint density at radius 3 is 2.78 bits per heavy atom. The van der Waals surface area contributed by atoms with Crippen LogP contribution in [0, 0.1) is 0 Å². The first-order valence-electron chi connectivity index (χ1n) is 5.44. The van der Waals surface area contributed by atoms with E-state index in [0.29, 0.717) is 11.1 Å². The molecule has 1 N–H and O–H groups in total. The monoisotopic (exact) mass is 332 g/mol. The number of carbonyl (C=O) groups excluding carboxylic acids is 1. The summed E-state index contributed by atoms with van der Waals surface area (Å²) in [4.78, 5) is 28.9. The highest BCUT2D eigenvalue weighted by molar-refractivity contribution is 9.09. The Labute approximate surface area is 117 Å². The number of nitrogens with zero attached hydrogens (tertiary/aromatic N) is 2. The van der Waals surface area contributed by atoms with Gasteiger partial charge in [-0.05, 0) is 19.4 Å². The average molecular weight is 333 g/mol. The van der Waals surface area contributed by atoms with Crippen molar-refractivity contribution in [2.24, 2.45) is 4.99 Å². The van der Waals surface area contributed by atoms with E-state index in [1.807, 2.05) is 13.8 Å². The van der Waals surface area contributed by atoms with Gasteiger partial charge >= 0.3 is 5.97 Å². The van der Waals surface area contributed by atoms with Gasteiger partial charge in [-0.2, -0.15) is 0 Å². The summed E-state index contributed by atoms with van der Waals surface area (Å²) in [6.45, 7) is 3.67. The first-order valence-corrected chi connectivity index (χ1v) is 7.61. The molecule has 0 aromatic carbocycles. The van der Waals surface area contributed by atoms with Gasteiger partial charge in [0.15, 0.2) is 6.04 Å². The van der Waals surface area contributed by atoms with Crippen molar-refractivity contribution in [3.8, 4) is 0 Å². The number of rotatable bonds is 3. The van der Waals surface area contributed by atoms with Crippen LogP contribution in [0.3, 0.4) is 0 Å². The molecule has 1 fully saturated rings. The Morgan fingerprint density at radius 1 is 1.61 bits per heavy atom. The van der Waals surface area contributed by atoms with E-state index in [-0.39, 0.29) is 17.0 Å². The van der Waals surface area contributed by atoms with Crippen molar-refractivity contribution >= 4 is 45.3 Å². The smallest absolute Gasteiger partial charge is 0.352 e. The maximum Gasteiger partial charge on any atom is 0.352 e. The second kappa shape index (κ2) is 5.05. The van der Waals surface area contributed by atoms with E-state index >= 15 is 0 Å². The molecule has 0 spiro atoms. The number of thioether (sulfide) groups is 1. The lowest BCUT2D eigenvalue weighted by atomic mass is 10.0. The van der Waals surface area contributed by atoms with Crippen molar-refractivity contribution in [2.75, 3.05) is 11.1 Å². The summed E-state index contributed by atoms with van der Waals surface area (Å²) < 4.78 is 0. The molecule has 5 nitrogen and oxygen atoms in total. The molecule has 0 unspecified atom stereocenters. The lowest BCUT2D eigenvalue weighted by Gasteiger charge is -2.47. The molecule has 1 saturated heterocycles. The van der Waals surface area contributed by atoms with Gasteiger partial charge in [0.2, 0.25) is 0 Å². The third-order valence-corrected chi connectivity index (χ3v) is 4.78. The van der Waals surface area contributed by atoms with E-state index in [9.17, 15) is 14.7 Å². The molecule has 2 aliphatic heterocycles. The number of hydrogen-bond acceptors (Lipinski definition) is 4. The normalized spacial score (nSPS) is 26.6. The van der Waals surface area contributed by atoms with Crippen LogP contribution < -0.4 is 0 Å². The van der Waals surface area contributed by atoms with Crippen LogP contribution in [-0.2, 0) is 9.59 Å². The summed E-state index contributed by atoms with van der Waals surface area (Å²) in [7, 11) is 0. The minimum atomic E-state index is -1.04. The standard InChI is InChI=1S/C11H13BrN2O3S/c1-5(2)13-7-9(15)14-8(11(16)17)6(3-12)4-18-10(7)14/h7,10H,3-4H2,1-2H3,(H,16,17)/t7-,10-/m1/s1. The Balaban J connectivity index is 2.32. The lowest BCUT2D eigenvalue weighted by molar-refractivity contribution is -0.147. The zero-order chi connectivity index (χ0) is 13.4. The minimum Gasteiger partial charge on any atom is -0.477 e. The van der Waals surface area contributed by atoms with Gasteiger partial charge in [-0.3, -0.25) is 14.7 Å². The zero-order valence-electron chi connectivity index (χ0n) is 10.0. The Bertz CT molecular complexity index is 471. The number of aliphatic carboxylic acids is 1. The summed E-state index contributed by atoms with van der Waals surface area (Å²) in [5.74, 6) is -0.640. The SMILES string of the molecule is CC(C)=N[C@@H]1C(=O)N2C(C(=O)O)=C(CBr)CS[C@H]12. The number of amides is 1. The van der Waals surface area contributed by atoms with Crippen molar-refractivity contribution in [3.63, 3.8) is 0 Å². The first kappa shape index (κ1) is 13.6. The molecule has 7 heteroatoms. The molecule has 0 bridgehead atoms. The number of carboxylic acids is 1. The molecule has 2 atom stereocenters. The molecule has 18 heavy (non-hydrogen) atoms. The maximum absolute atomic E-state index is 12.0. The van der Waals surface area contributed by atoms with E-state index < -0.39 is 12.0 Å². The zero-order valence-corrected chi connectivity index (χ0v) is 12.4. The number of carboxylic acid groups (broad SMARTS) is 1. The van der Waals surface area contributed by atoms with Gasteiger partial charge in [-0.1, -0.05) is 15.9 Å². The van der Waals surface area contributed by atoms with Crippen molar-refractivity contribution < 1.29 is 14.7 Å². The van der Waals surface area contributed by atoms with Crippen molar-refractivity contribution in [1.82, 2.24) is 4.90 Å². The predicted molar refractivity (Wildman–Crippen MR) is 74.1 cm³/mol. The predicted octanol–water partition coefficient (Wildman–Crippen LogP) is 1.48. The van der Waals surface area contributed by atoms with Crippen molar-refractivity contribution in [2.45, 2.75) is 25.3 Å². The minimum absolute atomic E-state index is 0.126. The molecule has 0 radical (unpaired) electrons. The van der Waals surface area contributed by atoms with Gasteiger partial charge in [-0.25, -0.2) is 4.79 Å². The van der Waals surface area contributed by atoms with E-state index in [4.69, 9.17) is 0 Å². The van der Waals surface area contributed by atoms with Crippen LogP contribution in [0.1, 0.15) is 13.8 Å². The van der Waals surface area contributed by atoms with E-state index in [1.165, 1.54) is 4.90 Å².